The zero-order valence-electron chi connectivity index (χ0n) is 18.9. The SMILES string of the molecule is COC(=O)[C@H](CC(=O)OC(C)(C)C)[C@H](NC(=O)c1ccc(Br)cc1)C(=O)OC(C)(C)C. The Morgan fingerprint density at radius 3 is 1.87 bits per heavy atom. The lowest BCUT2D eigenvalue weighted by Gasteiger charge is -2.29. The van der Waals surface area contributed by atoms with Gasteiger partial charge in [-0.05, 0) is 65.8 Å². The third-order valence-electron chi connectivity index (χ3n) is 3.77. The van der Waals surface area contributed by atoms with Crippen LogP contribution in [0.5, 0.6) is 0 Å². The van der Waals surface area contributed by atoms with E-state index in [4.69, 9.17) is 14.2 Å². The minimum absolute atomic E-state index is 0.262. The molecule has 0 aliphatic rings. The van der Waals surface area contributed by atoms with Crippen molar-refractivity contribution in [3.05, 3.63) is 34.3 Å². The van der Waals surface area contributed by atoms with E-state index < -0.39 is 53.4 Å². The quantitative estimate of drug-likeness (QED) is 0.452. The first kappa shape index (κ1) is 26.6. The van der Waals surface area contributed by atoms with Gasteiger partial charge in [0.2, 0.25) is 0 Å². The van der Waals surface area contributed by atoms with Gasteiger partial charge in [0, 0.05) is 10.0 Å². The molecule has 0 unspecified atom stereocenters. The van der Waals surface area contributed by atoms with E-state index in [9.17, 15) is 19.2 Å². The van der Waals surface area contributed by atoms with E-state index in [1.807, 2.05) is 0 Å². The van der Waals surface area contributed by atoms with Gasteiger partial charge in [-0.3, -0.25) is 14.4 Å². The first-order chi connectivity index (χ1) is 14.1. The highest BCUT2D eigenvalue weighted by atomic mass is 79.9. The standard InChI is InChI=1S/C22H30BrNO7/c1-21(2,3)30-16(25)12-15(19(27)29-7)17(20(28)31-22(4,5)6)24-18(26)13-8-10-14(23)11-9-13/h8-11,15,17H,12H2,1-7H3,(H,24,26)/t15-,17+/m1/s1. The molecule has 2 atom stereocenters. The summed E-state index contributed by atoms with van der Waals surface area (Å²) in [6.07, 6.45) is -0.478. The second-order valence-corrected chi connectivity index (χ2v) is 9.83. The van der Waals surface area contributed by atoms with Crippen LogP contribution in [-0.4, -0.2) is 48.2 Å². The third kappa shape index (κ3) is 9.50. The molecule has 172 valence electrons. The molecule has 0 fully saturated rings. The summed E-state index contributed by atoms with van der Waals surface area (Å²) in [7, 11) is 1.13. The van der Waals surface area contributed by atoms with Crippen LogP contribution in [0.25, 0.3) is 0 Å². The van der Waals surface area contributed by atoms with Crippen LogP contribution < -0.4 is 5.32 Å². The lowest BCUT2D eigenvalue weighted by molar-refractivity contribution is -0.167. The third-order valence-corrected chi connectivity index (χ3v) is 4.30. The van der Waals surface area contributed by atoms with Crippen LogP contribution in [0.15, 0.2) is 28.7 Å². The Morgan fingerprint density at radius 2 is 1.42 bits per heavy atom. The van der Waals surface area contributed by atoms with Crippen molar-refractivity contribution in [1.82, 2.24) is 5.32 Å². The molecule has 0 aromatic heterocycles. The Hall–Kier alpha value is -2.42. The molecule has 1 rings (SSSR count). The van der Waals surface area contributed by atoms with Crippen molar-refractivity contribution in [2.24, 2.45) is 5.92 Å². The maximum Gasteiger partial charge on any atom is 0.330 e. The number of benzene rings is 1. The molecule has 0 spiro atoms. The van der Waals surface area contributed by atoms with E-state index in [0.29, 0.717) is 0 Å². The minimum atomic E-state index is -1.46. The molecule has 1 N–H and O–H groups in total. The van der Waals surface area contributed by atoms with Crippen molar-refractivity contribution in [3.63, 3.8) is 0 Å². The molecule has 0 aliphatic heterocycles. The van der Waals surface area contributed by atoms with Crippen LogP contribution in [0.1, 0.15) is 58.3 Å². The van der Waals surface area contributed by atoms with Crippen LogP contribution in [-0.2, 0) is 28.6 Å². The van der Waals surface area contributed by atoms with E-state index in [1.165, 1.54) is 0 Å². The fourth-order valence-corrected chi connectivity index (χ4v) is 2.83. The predicted octanol–water partition coefficient (Wildman–Crippen LogP) is 3.41. The maximum absolute atomic E-state index is 12.9. The lowest BCUT2D eigenvalue weighted by Crippen LogP contribution is -2.51. The Morgan fingerprint density at radius 1 is 0.903 bits per heavy atom. The van der Waals surface area contributed by atoms with Gasteiger partial charge in [0.1, 0.15) is 17.2 Å². The molecule has 9 heteroatoms. The van der Waals surface area contributed by atoms with Crippen molar-refractivity contribution >= 4 is 39.7 Å². The Balaban J connectivity index is 3.26. The van der Waals surface area contributed by atoms with Gasteiger partial charge in [-0.15, -0.1) is 0 Å². The van der Waals surface area contributed by atoms with Crippen LogP contribution in [0.2, 0.25) is 0 Å². The molecular formula is C22H30BrNO7. The largest absolute Gasteiger partial charge is 0.469 e. The Bertz CT molecular complexity index is 807. The number of hydrogen-bond donors (Lipinski definition) is 1. The average Bonchev–Trinajstić information content (AvgIpc) is 2.61. The highest BCUT2D eigenvalue weighted by Crippen LogP contribution is 2.20. The number of nitrogens with one attached hydrogen (secondary N) is 1. The fourth-order valence-electron chi connectivity index (χ4n) is 2.57. The van der Waals surface area contributed by atoms with E-state index in [1.54, 1.807) is 65.8 Å². The molecule has 1 aromatic rings. The van der Waals surface area contributed by atoms with Gasteiger partial charge in [0.05, 0.1) is 19.4 Å². The summed E-state index contributed by atoms with van der Waals surface area (Å²) in [5, 5.41) is 2.52. The van der Waals surface area contributed by atoms with E-state index >= 15 is 0 Å². The molecule has 0 radical (unpaired) electrons. The van der Waals surface area contributed by atoms with Crippen molar-refractivity contribution in [2.45, 2.75) is 65.2 Å². The molecule has 0 aliphatic carbocycles. The van der Waals surface area contributed by atoms with Crippen LogP contribution in [0, 0.1) is 5.92 Å². The molecule has 0 bridgehead atoms. The van der Waals surface area contributed by atoms with Gasteiger partial charge in [-0.1, -0.05) is 15.9 Å². The summed E-state index contributed by atoms with van der Waals surface area (Å²) in [6.45, 7) is 9.99. The van der Waals surface area contributed by atoms with Gasteiger partial charge in [-0.25, -0.2) is 4.79 Å². The zero-order chi connectivity index (χ0) is 24.0. The number of halogens is 1. The molecular weight excluding hydrogens is 470 g/mol. The van der Waals surface area contributed by atoms with Gasteiger partial charge in [-0.2, -0.15) is 0 Å². The highest BCUT2D eigenvalue weighted by molar-refractivity contribution is 9.10. The molecule has 8 nitrogen and oxygen atoms in total. The van der Waals surface area contributed by atoms with Gasteiger partial charge >= 0.3 is 17.9 Å². The molecule has 31 heavy (non-hydrogen) atoms. The fraction of sp³-hybridized carbons (Fsp3) is 0.545. The molecule has 1 aromatic carbocycles. The number of amides is 1. The van der Waals surface area contributed by atoms with E-state index in [2.05, 4.69) is 21.2 Å². The molecule has 0 saturated carbocycles. The van der Waals surface area contributed by atoms with Crippen molar-refractivity contribution in [3.8, 4) is 0 Å². The molecule has 1 amide bonds. The number of methoxy groups -OCH3 is 1. The lowest BCUT2D eigenvalue weighted by atomic mass is 9.95. The second kappa shape index (κ2) is 10.7. The maximum atomic E-state index is 12.9. The topological polar surface area (TPSA) is 108 Å². The predicted molar refractivity (Wildman–Crippen MR) is 117 cm³/mol. The van der Waals surface area contributed by atoms with Gasteiger partial charge in [0.15, 0.2) is 0 Å². The number of hydrogen-bond acceptors (Lipinski definition) is 7. The minimum Gasteiger partial charge on any atom is -0.469 e. The van der Waals surface area contributed by atoms with Crippen LogP contribution >= 0.6 is 15.9 Å². The number of carbonyl (C=O) groups excluding carboxylic acids is 4. The summed E-state index contributed by atoms with van der Waals surface area (Å²) < 4.78 is 16.2. The van der Waals surface area contributed by atoms with Crippen LogP contribution in [0.3, 0.4) is 0 Å². The van der Waals surface area contributed by atoms with E-state index in [-0.39, 0.29) is 5.56 Å². The molecule has 0 heterocycles. The number of ether oxygens (including phenoxy) is 3. The van der Waals surface area contributed by atoms with Crippen molar-refractivity contribution < 1.29 is 33.4 Å². The second-order valence-electron chi connectivity index (χ2n) is 8.91. The smallest absolute Gasteiger partial charge is 0.330 e. The van der Waals surface area contributed by atoms with Gasteiger partial charge in [0.25, 0.3) is 5.91 Å². The monoisotopic (exact) mass is 499 g/mol. The summed E-state index contributed by atoms with van der Waals surface area (Å²) >= 11 is 3.29. The highest BCUT2D eigenvalue weighted by Gasteiger charge is 2.41. The Labute approximate surface area is 191 Å². The molecule has 0 saturated heterocycles. The summed E-state index contributed by atoms with van der Waals surface area (Å²) in [5.41, 5.74) is -1.41. The first-order valence-corrected chi connectivity index (χ1v) is 10.5. The zero-order valence-corrected chi connectivity index (χ0v) is 20.5. The van der Waals surface area contributed by atoms with Crippen molar-refractivity contribution in [1.29, 1.82) is 0 Å². The van der Waals surface area contributed by atoms with E-state index in [0.717, 1.165) is 11.6 Å². The van der Waals surface area contributed by atoms with Crippen molar-refractivity contribution in [2.75, 3.05) is 7.11 Å². The number of esters is 3. The summed E-state index contributed by atoms with van der Waals surface area (Å²) in [5.74, 6) is -4.38. The van der Waals surface area contributed by atoms with Crippen LogP contribution in [0.4, 0.5) is 0 Å². The first-order valence-electron chi connectivity index (χ1n) is 9.72. The number of rotatable bonds is 7. The van der Waals surface area contributed by atoms with Gasteiger partial charge < -0.3 is 19.5 Å². The average molecular weight is 500 g/mol. The Kier molecular flexibility index (Phi) is 9.23. The summed E-state index contributed by atoms with van der Waals surface area (Å²) in [6, 6.07) is 4.96. The summed E-state index contributed by atoms with van der Waals surface area (Å²) in [4.78, 5) is 50.6. The number of carbonyl (C=O) groups is 4. The normalized spacial score (nSPS) is 13.5.